The number of hydrogen-bond acceptors (Lipinski definition) is 5. The van der Waals surface area contributed by atoms with Crippen molar-refractivity contribution in [2.45, 2.75) is 31.4 Å². The Morgan fingerprint density at radius 2 is 2.08 bits per heavy atom. The van der Waals surface area contributed by atoms with Gasteiger partial charge < -0.3 is 10.0 Å². The fourth-order valence-electron chi connectivity index (χ4n) is 3.57. The highest BCUT2D eigenvalue weighted by molar-refractivity contribution is 5.76. The fraction of sp³-hybridized carbons (Fsp3) is 0.526. The van der Waals surface area contributed by atoms with Crippen LogP contribution in [0.2, 0.25) is 0 Å². The SMILES string of the molecule is CN(C)C(=O)CC1(O)CCCN(Cc2cn(C)nc2-c2ccncc2)C1. The van der Waals surface area contributed by atoms with E-state index in [1.165, 1.54) is 0 Å². The third-order valence-electron chi connectivity index (χ3n) is 4.87. The number of carbonyl (C=O) groups excluding carboxylic acids is 1. The van der Waals surface area contributed by atoms with E-state index in [2.05, 4.69) is 15.0 Å². The monoisotopic (exact) mass is 357 g/mol. The smallest absolute Gasteiger partial charge is 0.224 e. The van der Waals surface area contributed by atoms with Gasteiger partial charge in [0.15, 0.2) is 0 Å². The van der Waals surface area contributed by atoms with Crippen molar-refractivity contribution in [2.75, 3.05) is 27.2 Å². The Balaban J connectivity index is 1.74. The van der Waals surface area contributed by atoms with Gasteiger partial charge in [-0.1, -0.05) is 0 Å². The maximum absolute atomic E-state index is 12.1. The van der Waals surface area contributed by atoms with Crippen LogP contribution in [-0.4, -0.2) is 68.4 Å². The normalized spacial score (nSPS) is 20.9. The van der Waals surface area contributed by atoms with Crippen LogP contribution in [0.5, 0.6) is 0 Å². The molecule has 2 aromatic heterocycles. The Labute approximate surface area is 154 Å². The first kappa shape index (κ1) is 18.5. The Bertz CT molecular complexity index is 759. The molecule has 1 unspecified atom stereocenters. The van der Waals surface area contributed by atoms with Gasteiger partial charge in [-0.05, 0) is 31.5 Å². The van der Waals surface area contributed by atoms with Crippen molar-refractivity contribution >= 4 is 5.91 Å². The van der Waals surface area contributed by atoms with Crippen LogP contribution in [0.25, 0.3) is 11.3 Å². The van der Waals surface area contributed by atoms with E-state index in [-0.39, 0.29) is 12.3 Å². The van der Waals surface area contributed by atoms with Gasteiger partial charge in [-0.3, -0.25) is 19.4 Å². The van der Waals surface area contributed by atoms with Crippen LogP contribution in [-0.2, 0) is 18.4 Å². The molecule has 0 bridgehead atoms. The number of aryl methyl sites for hydroxylation is 1. The van der Waals surface area contributed by atoms with Crippen LogP contribution in [0.15, 0.2) is 30.7 Å². The average molecular weight is 357 g/mol. The summed E-state index contributed by atoms with van der Waals surface area (Å²) in [5.41, 5.74) is 2.12. The third kappa shape index (κ3) is 4.28. The fourth-order valence-corrected chi connectivity index (χ4v) is 3.57. The van der Waals surface area contributed by atoms with Crippen molar-refractivity contribution in [3.8, 4) is 11.3 Å². The molecule has 2 aromatic rings. The zero-order valence-electron chi connectivity index (χ0n) is 15.7. The quantitative estimate of drug-likeness (QED) is 0.873. The standard InChI is InChI=1S/C19H27N5O2/c1-22(2)17(25)11-19(26)7-4-10-24(14-19)13-16-12-23(3)21-18(16)15-5-8-20-9-6-15/h5-6,8-9,12,26H,4,7,10-11,13-14H2,1-3H3. The van der Waals surface area contributed by atoms with E-state index in [1.807, 2.05) is 30.1 Å². The molecule has 0 aliphatic carbocycles. The van der Waals surface area contributed by atoms with E-state index in [0.717, 1.165) is 29.8 Å². The van der Waals surface area contributed by atoms with E-state index in [1.54, 1.807) is 31.4 Å². The van der Waals surface area contributed by atoms with Crippen LogP contribution in [0, 0.1) is 0 Å². The van der Waals surface area contributed by atoms with Gasteiger partial charge in [0.25, 0.3) is 0 Å². The molecule has 1 aliphatic heterocycles. The maximum Gasteiger partial charge on any atom is 0.224 e. The number of hydrogen-bond donors (Lipinski definition) is 1. The molecule has 1 fully saturated rings. The number of piperidine rings is 1. The van der Waals surface area contributed by atoms with Gasteiger partial charge in [0.05, 0.1) is 17.7 Å². The molecule has 1 atom stereocenters. The number of pyridine rings is 1. The average Bonchev–Trinajstić information content (AvgIpc) is 2.95. The zero-order valence-corrected chi connectivity index (χ0v) is 15.7. The largest absolute Gasteiger partial charge is 0.388 e. The Morgan fingerprint density at radius 3 is 2.77 bits per heavy atom. The summed E-state index contributed by atoms with van der Waals surface area (Å²) >= 11 is 0. The van der Waals surface area contributed by atoms with Crippen LogP contribution in [0.4, 0.5) is 0 Å². The minimum absolute atomic E-state index is 0.0341. The van der Waals surface area contributed by atoms with Gasteiger partial charge in [0, 0.05) is 63.9 Å². The van der Waals surface area contributed by atoms with Crippen molar-refractivity contribution < 1.29 is 9.90 Å². The van der Waals surface area contributed by atoms with Gasteiger partial charge in [-0.15, -0.1) is 0 Å². The number of rotatable bonds is 5. The topological polar surface area (TPSA) is 74.5 Å². The van der Waals surface area contributed by atoms with Gasteiger partial charge in [-0.2, -0.15) is 5.10 Å². The number of nitrogens with zero attached hydrogens (tertiary/aromatic N) is 5. The van der Waals surface area contributed by atoms with Crippen molar-refractivity contribution in [3.05, 3.63) is 36.3 Å². The molecule has 140 valence electrons. The van der Waals surface area contributed by atoms with Crippen molar-refractivity contribution in [3.63, 3.8) is 0 Å². The third-order valence-corrected chi connectivity index (χ3v) is 4.87. The molecule has 26 heavy (non-hydrogen) atoms. The van der Waals surface area contributed by atoms with Gasteiger partial charge in [-0.25, -0.2) is 0 Å². The second-order valence-corrected chi connectivity index (χ2v) is 7.42. The van der Waals surface area contributed by atoms with Gasteiger partial charge >= 0.3 is 0 Å². The van der Waals surface area contributed by atoms with Crippen molar-refractivity contribution in [2.24, 2.45) is 7.05 Å². The molecule has 0 saturated carbocycles. The second-order valence-electron chi connectivity index (χ2n) is 7.42. The van der Waals surface area contributed by atoms with Crippen LogP contribution < -0.4 is 0 Å². The summed E-state index contributed by atoms with van der Waals surface area (Å²) in [7, 11) is 5.36. The van der Waals surface area contributed by atoms with E-state index in [0.29, 0.717) is 19.5 Å². The molecule has 0 spiro atoms. The highest BCUT2D eigenvalue weighted by atomic mass is 16.3. The first-order valence-electron chi connectivity index (χ1n) is 8.94. The second kappa shape index (κ2) is 7.55. The summed E-state index contributed by atoms with van der Waals surface area (Å²) in [6, 6.07) is 3.91. The van der Waals surface area contributed by atoms with Crippen LogP contribution >= 0.6 is 0 Å². The maximum atomic E-state index is 12.1. The lowest BCUT2D eigenvalue weighted by Crippen LogP contribution is -2.50. The number of aromatic nitrogens is 3. The number of likely N-dealkylation sites (tertiary alicyclic amines) is 1. The van der Waals surface area contributed by atoms with E-state index in [9.17, 15) is 9.90 Å². The molecular formula is C19H27N5O2. The Hall–Kier alpha value is -2.25. The summed E-state index contributed by atoms with van der Waals surface area (Å²) in [5.74, 6) is -0.0341. The Kier molecular flexibility index (Phi) is 5.38. The molecule has 7 heteroatoms. The number of β-amino-alcohol motifs (C(OH)–C–C–N with tert-alkyl or cyclic N) is 1. The minimum atomic E-state index is -0.960. The molecule has 0 radical (unpaired) electrons. The number of carbonyl (C=O) groups is 1. The lowest BCUT2D eigenvalue weighted by atomic mass is 9.89. The van der Waals surface area contributed by atoms with Gasteiger partial charge in [0.1, 0.15) is 0 Å². The molecule has 7 nitrogen and oxygen atoms in total. The highest BCUT2D eigenvalue weighted by Crippen LogP contribution is 2.28. The predicted molar refractivity (Wildman–Crippen MR) is 99.2 cm³/mol. The molecular weight excluding hydrogens is 330 g/mol. The summed E-state index contributed by atoms with van der Waals surface area (Å²) in [5, 5.41) is 15.5. The number of aliphatic hydroxyl groups is 1. The van der Waals surface area contributed by atoms with E-state index in [4.69, 9.17) is 0 Å². The van der Waals surface area contributed by atoms with Gasteiger partial charge in [0.2, 0.25) is 5.91 Å². The summed E-state index contributed by atoms with van der Waals surface area (Å²) < 4.78 is 1.82. The molecule has 1 saturated heterocycles. The summed E-state index contributed by atoms with van der Waals surface area (Å²) in [6.07, 6.45) is 7.26. The molecule has 0 aromatic carbocycles. The van der Waals surface area contributed by atoms with E-state index >= 15 is 0 Å². The predicted octanol–water partition coefficient (Wildman–Crippen LogP) is 1.29. The Morgan fingerprint density at radius 1 is 1.35 bits per heavy atom. The minimum Gasteiger partial charge on any atom is -0.388 e. The van der Waals surface area contributed by atoms with Crippen LogP contribution in [0.3, 0.4) is 0 Å². The highest BCUT2D eigenvalue weighted by Gasteiger charge is 2.36. The number of amides is 1. The zero-order chi connectivity index (χ0) is 18.7. The van der Waals surface area contributed by atoms with Crippen molar-refractivity contribution in [1.82, 2.24) is 24.6 Å². The lowest BCUT2D eigenvalue weighted by Gasteiger charge is -2.39. The van der Waals surface area contributed by atoms with Crippen LogP contribution in [0.1, 0.15) is 24.8 Å². The molecule has 3 rings (SSSR count). The molecule has 1 amide bonds. The summed E-state index contributed by atoms with van der Waals surface area (Å²) in [4.78, 5) is 19.9. The first-order valence-corrected chi connectivity index (χ1v) is 8.94. The summed E-state index contributed by atoms with van der Waals surface area (Å²) in [6.45, 7) is 2.10. The molecule has 1 N–H and O–H groups in total. The lowest BCUT2D eigenvalue weighted by molar-refractivity contribution is -0.136. The molecule has 1 aliphatic rings. The van der Waals surface area contributed by atoms with E-state index < -0.39 is 5.60 Å². The molecule has 3 heterocycles. The first-order chi connectivity index (χ1) is 12.4. The van der Waals surface area contributed by atoms with Crippen molar-refractivity contribution in [1.29, 1.82) is 0 Å².